The largest absolute Gasteiger partial charge is 0.444 e. The number of rotatable bonds is 4. The van der Waals surface area contributed by atoms with Crippen LogP contribution in [-0.2, 0) is 9.53 Å². The van der Waals surface area contributed by atoms with E-state index in [4.69, 9.17) is 14.7 Å². The van der Waals surface area contributed by atoms with Crippen LogP contribution >= 0.6 is 27.7 Å². The summed E-state index contributed by atoms with van der Waals surface area (Å²) >= 11 is 4.88. The van der Waals surface area contributed by atoms with Crippen molar-refractivity contribution in [3.63, 3.8) is 0 Å². The molecule has 1 aromatic heterocycles. The van der Waals surface area contributed by atoms with E-state index in [0.29, 0.717) is 25.9 Å². The Bertz CT molecular complexity index is 1460. The first-order valence-corrected chi connectivity index (χ1v) is 14.6. The molecular formula is C29H30BrN5O3S. The van der Waals surface area contributed by atoms with Gasteiger partial charge in [-0.2, -0.15) is 0 Å². The highest BCUT2D eigenvalue weighted by Crippen LogP contribution is 2.36. The summed E-state index contributed by atoms with van der Waals surface area (Å²) in [5.74, 6) is 0.0707. The quantitative estimate of drug-likeness (QED) is 0.375. The van der Waals surface area contributed by atoms with Crippen LogP contribution in [0.15, 0.2) is 75.3 Å². The fraction of sp³-hybridized carbons (Fsp3) is 0.345. The van der Waals surface area contributed by atoms with Gasteiger partial charge in [-0.25, -0.2) is 9.79 Å². The van der Waals surface area contributed by atoms with Gasteiger partial charge in [0.15, 0.2) is 5.66 Å². The number of anilines is 1. The first-order valence-electron chi connectivity index (χ1n) is 12.8. The van der Waals surface area contributed by atoms with Gasteiger partial charge >= 0.3 is 6.09 Å². The summed E-state index contributed by atoms with van der Waals surface area (Å²) in [7, 11) is 0. The minimum absolute atomic E-state index is 0.123. The highest BCUT2D eigenvalue weighted by Gasteiger charge is 2.41. The summed E-state index contributed by atoms with van der Waals surface area (Å²) in [5.41, 5.74) is 2.14. The maximum Gasteiger partial charge on any atom is 0.410 e. The van der Waals surface area contributed by atoms with Crippen LogP contribution in [0, 0.1) is 0 Å². The third-order valence-electron chi connectivity index (χ3n) is 6.39. The summed E-state index contributed by atoms with van der Waals surface area (Å²) in [6.45, 7) is 6.60. The standard InChI is InChI=1S/C29H30BrN5O3S/c1-28(2,3)38-27(37)35-15-12-29(13-16-35)33-25(19-6-8-21(30)9-7-19)26(34-29)39-18-24(36)32-22-10-11-23-20(17-22)5-4-14-31-23/h4-11,14,17H,12-13,15-16,18H2,1-3H3,(H,32,36). The summed E-state index contributed by atoms with van der Waals surface area (Å²) in [6, 6.07) is 17.4. The number of hydrogen-bond acceptors (Lipinski definition) is 7. The number of piperidine rings is 1. The second-order valence-electron chi connectivity index (χ2n) is 10.6. The predicted molar refractivity (Wildman–Crippen MR) is 161 cm³/mol. The molecule has 202 valence electrons. The van der Waals surface area contributed by atoms with Crippen LogP contribution in [0.4, 0.5) is 10.5 Å². The molecule has 2 aliphatic rings. The van der Waals surface area contributed by atoms with Gasteiger partial charge in [-0.05, 0) is 57.2 Å². The third-order valence-corrected chi connectivity index (χ3v) is 7.89. The molecule has 1 fully saturated rings. The molecule has 0 atom stereocenters. The number of nitrogens with one attached hydrogen (secondary N) is 1. The highest BCUT2D eigenvalue weighted by molar-refractivity contribution is 9.10. The molecule has 39 heavy (non-hydrogen) atoms. The molecule has 0 aliphatic carbocycles. The number of pyridine rings is 1. The van der Waals surface area contributed by atoms with Crippen molar-refractivity contribution in [2.75, 3.05) is 24.2 Å². The highest BCUT2D eigenvalue weighted by atomic mass is 79.9. The number of hydrogen-bond donors (Lipinski definition) is 1. The van der Waals surface area contributed by atoms with E-state index in [1.807, 2.05) is 75.4 Å². The molecule has 5 rings (SSSR count). The summed E-state index contributed by atoms with van der Waals surface area (Å²) in [5, 5.41) is 4.68. The van der Waals surface area contributed by atoms with Crippen LogP contribution in [0.25, 0.3) is 10.9 Å². The maximum atomic E-state index is 12.9. The van der Waals surface area contributed by atoms with E-state index in [1.54, 1.807) is 11.1 Å². The lowest BCUT2D eigenvalue weighted by atomic mass is 9.99. The van der Waals surface area contributed by atoms with Crippen LogP contribution in [0.2, 0.25) is 0 Å². The van der Waals surface area contributed by atoms with Crippen LogP contribution in [0.5, 0.6) is 0 Å². The summed E-state index contributed by atoms with van der Waals surface area (Å²) < 4.78 is 6.52. The zero-order chi connectivity index (χ0) is 27.6. The van der Waals surface area contributed by atoms with E-state index >= 15 is 0 Å². The SMILES string of the molecule is CC(C)(C)OC(=O)N1CCC2(CC1)N=C(SCC(=O)Nc1ccc3ncccc3c1)C(c1ccc(Br)cc1)=N2. The lowest BCUT2D eigenvalue weighted by Crippen LogP contribution is -2.46. The fourth-order valence-corrected chi connectivity index (χ4v) is 5.64. The van der Waals surface area contributed by atoms with Crippen molar-refractivity contribution in [3.8, 4) is 0 Å². The van der Waals surface area contributed by atoms with Crippen molar-refractivity contribution < 1.29 is 14.3 Å². The van der Waals surface area contributed by atoms with Crippen LogP contribution in [0.3, 0.4) is 0 Å². The fourth-order valence-electron chi connectivity index (χ4n) is 4.50. The minimum Gasteiger partial charge on any atom is -0.444 e. The zero-order valence-corrected chi connectivity index (χ0v) is 24.5. The monoisotopic (exact) mass is 607 g/mol. The van der Waals surface area contributed by atoms with Gasteiger partial charge in [0, 0.05) is 53.2 Å². The number of halogens is 1. The Balaban J connectivity index is 1.29. The number of benzene rings is 2. The first kappa shape index (κ1) is 27.3. The van der Waals surface area contributed by atoms with Crippen LogP contribution < -0.4 is 5.32 Å². The molecule has 8 nitrogen and oxygen atoms in total. The topological polar surface area (TPSA) is 96.2 Å². The molecule has 2 aliphatic heterocycles. The van der Waals surface area contributed by atoms with E-state index < -0.39 is 11.3 Å². The minimum atomic E-state index is -0.648. The van der Waals surface area contributed by atoms with Crippen LogP contribution in [-0.4, -0.2) is 62.7 Å². The molecular weight excluding hydrogens is 578 g/mol. The second-order valence-corrected chi connectivity index (χ2v) is 12.5. The van der Waals surface area contributed by atoms with Gasteiger partial charge < -0.3 is 15.0 Å². The van der Waals surface area contributed by atoms with Gasteiger partial charge in [0.1, 0.15) is 10.6 Å². The van der Waals surface area contributed by atoms with Crippen molar-refractivity contribution in [3.05, 3.63) is 70.8 Å². The van der Waals surface area contributed by atoms with Gasteiger partial charge in [0.2, 0.25) is 5.91 Å². The molecule has 1 saturated heterocycles. The molecule has 0 unspecified atom stereocenters. The molecule has 0 bridgehead atoms. The molecule has 10 heteroatoms. The van der Waals surface area contributed by atoms with Crippen molar-refractivity contribution in [1.29, 1.82) is 0 Å². The Morgan fingerprint density at radius 2 is 1.82 bits per heavy atom. The van der Waals surface area contributed by atoms with Gasteiger partial charge in [0.25, 0.3) is 0 Å². The Hall–Kier alpha value is -3.24. The maximum absolute atomic E-state index is 12.9. The summed E-state index contributed by atoms with van der Waals surface area (Å²) in [4.78, 5) is 41.6. The molecule has 3 heterocycles. The molecule has 1 N–H and O–H groups in total. The number of likely N-dealkylation sites (tertiary alicyclic amines) is 1. The zero-order valence-electron chi connectivity index (χ0n) is 22.1. The Morgan fingerprint density at radius 1 is 1.08 bits per heavy atom. The number of amides is 2. The number of nitrogens with zero attached hydrogens (tertiary/aromatic N) is 4. The lowest BCUT2D eigenvalue weighted by Gasteiger charge is -2.36. The molecule has 0 radical (unpaired) electrons. The van der Waals surface area contributed by atoms with E-state index in [2.05, 4.69) is 26.2 Å². The number of carbonyl (C=O) groups excluding carboxylic acids is 2. The molecule has 1 spiro atoms. The number of thioether (sulfide) groups is 1. The lowest BCUT2D eigenvalue weighted by molar-refractivity contribution is -0.113. The van der Waals surface area contributed by atoms with Crippen LogP contribution in [0.1, 0.15) is 39.2 Å². The number of carbonyl (C=O) groups is 2. The van der Waals surface area contributed by atoms with E-state index in [-0.39, 0.29) is 17.8 Å². The van der Waals surface area contributed by atoms with Crippen molar-refractivity contribution in [1.82, 2.24) is 9.88 Å². The number of aliphatic imine (C=N–C) groups is 2. The molecule has 3 aromatic rings. The average molecular weight is 609 g/mol. The Morgan fingerprint density at radius 3 is 2.54 bits per heavy atom. The second kappa shape index (κ2) is 11.1. The number of aromatic nitrogens is 1. The average Bonchev–Trinajstić information content (AvgIpc) is 3.25. The Labute approximate surface area is 240 Å². The Kier molecular flexibility index (Phi) is 7.77. The van der Waals surface area contributed by atoms with Gasteiger partial charge in [-0.15, -0.1) is 0 Å². The van der Waals surface area contributed by atoms with Crippen molar-refractivity contribution in [2.45, 2.75) is 44.9 Å². The van der Waals surface area contributed by atoms with E-state index in [1.165, 1.54) is 11.8 Å². The first-order chi connectivity index (χ1) is 18.6. The number of fused-ring (bicyclic) bond motifs is 1. The van der Waals surface area contributed by atoms with Gasteiger partial charge in [0.05, 0.1) is 17.0 Å². The molecule has 2 amide bonds. The van der Waals surface area contributed by atoms with Gasteiger partial charge in [-0.1, -0.05) is 45.9 Å². The number of ether oxygens (including phenoxy) is 1. The predicted octanol–water partition coefficient (Wildman–Crippen LogP) is 6.30. The molecule has 2 aromatic carbocycles. The van der Waals surface area contributed by atoms with Gasteiger partial charge in [-0.3, -0.25) is 14.8 Å². The van der Waals surface area contributed by atoms with Crippen molar-refractivity contribution >= 4 is 67.0 Å². The van der Waals surface area contributed by atoms with Crippen molar-refractivity contribution in [2.24, 2.45) is 9.98 Å². The van der Waals surface area contributed by atoms with E-state index in [9.17, 15) is 9.59 Å². The smallest absolute Gasteiger partial charge is 0.410 e. The molecule has 0 saturated carbocycles. The summed E-state index contributed by atoms with van der Waals surface area (Å²) in [6.07, 6.45) is 2.62. The van der Waals surface area contributed by atoms with E-state index in [0.717, 1.165) is 37.4 Å². The third kappa shape index (κ3) is 6.67. The normalized spacial score (nSPS) is 16.7.